The zero-order chi connectivity index (χ0) is 13.8. The van der Waals surface area contributed by atoms with Gasteiger partial charge in [0, 0.05) is 5.38 Å². The van der Waals surface area contributed by atoms with Crippen molar-refractivity contribution in [1.82, 2.24) is 4.98 Å². The van der Waals surface area contributed by atoms with Crippen LogP contribution in [0.3, 0.4) is 0 Å². The fourth-order valence-corrected chi connectivity index (χ4v) is 1.80. The molecule has 3 N–H and O–H groups in total. The number of amides is 1. The molecule has 0 aromatic carbocycles. The molecular weight excluding hydrogens is 256 g/mol. The molecule has 1 unspecified atom stereocenters. The van der Waals surface area contributed by atoms with Crippen molar-refractivity contribution in [3.05, 3.63) is 23.7 Å². The zero-order valence-corrected chi connectivity index (χ0v) is 11.0. The minimum absolute atomic E-state index is 0.108. The number of anilines is 1. The van der Waals surface area contributed by atoms with E-state index in [9.17, 15) is 15.0 Å². The highest BCUT2D eigenvalue weighted by Gasteiger charge is 2.28. The average Bonchev–Trinajstić information content (AvgIpc) is 2.72. The van der Waals surface area contributed by atoms with Crippen molar-refractivity contribution in [2.45, 2.75) is 25.6 Å². The Hall–Kier alpha value is -1.44. The Bertz CT molecular complexity index is 425. The third-order valence-corrected chi connectivity index (χ3v) is 2.79. The number of ether oxygens (including phenoxy) is 1. The normalized spacial score (nSPS) is 12.9. The first-order chi connectivity index (χ1) is 8.34. The minimum atomic E-state index is -1.30. The SMILES string of the molecule is C=CCOC(=O)Nc1nc(C(O)C(C)(C)O)cs1. The molecule has 1 heterocycles. The number of nitrogens with one attached hydrogen (secondary N) is 1. The van der Waals surface area contributed by atoms with Crippen LogP contribution in [0.1, 0.15) is 25.6 Å². The van der Waals surface area contributed by atoms with Crippen molar-refractivity contribution in [3.8, 4) is 0 Å². The summed E-state index contributed by atoms with van der Waals surface area (Å²) < 4.78 is 4.72. The Morgan fingerprint density at radius 1 is 1.78 bits per heavy atom. The lowest BCUT2D eigenvalue weighted by Gasteiger charge is -2.22. The molecular formula is C11H16N2O4S. The largest absolute Gasteiger partial charge is 0.445 e. The Morgan fingerprint density at radius 2 is 2.44 bits per heavy atom. The number of hydrogen-bond acceptors (Lipinski definition) is 6. The number of rotatable bonds is 5. The van der Waals surface area contributed by atoms with Crippen molar-refractivity contribution in [2.75, 3.05) is 11.9 Å². The minimum Gasteiger partial charge on any atom is -0.445 e. The topological polar surface area (TPSA) is 91.7 Å². The molecule has 0 aliphatic carbocycles. The van der Waals surface area contributed by atoms with Crippen molar-refractivity contribution in [1.29, 1.82) is 0 Å². The van der Waals surface area contributed by atoms with Gasteiger partial charge in [-0.1, -0.05) is 12.7 Å². The highest BCUT2D eigenvalue weighted by molar-refractivity contribution is 7.13. The van der Waals surface area contributed by atoms with Crippen LogP contribution in [0.2, 0.25) is 0 Å². The monoisotopic (exact) mass is 272 g/mol. The number of carbonyl (C=O) groups is 1. The molecule has 1 amide bonds. The first kappa shape index (κ1) is 14.6. The van der Waals surface area contributed by atoms with E-state index < -0.39 is 17.8 Å². The number of aliphatic hydroxyl groups is 2. The number of carbonyl (C=O) groups excluding carboxylic acids is 1. The smallest absolute Gasteiger partial charge is 0.413 e. The van der Waals surface area contributed by atoms with Gasteiger partial charge in [-0.25, -0.2) is 9.78 Å². The van der Waals surface area contributed by atoms with E-state index in [-0.39, 0.29) is 6.61 Å². The van der Waals surface area contributed by atoms with Gasteiger partial charge in [-0.05, 0) is 13.8 Å². The van der Waals surface area contributed by atoms with Gasteiger partial charge in [0.1, 0.15) is 12.7 Å². The maximum absolute atomic E-state index is 11.2. The van der Waals surface area contributed by atoms with Crippen molar-refractivity contribution >= 4 is 22.6 Å². The van der Waals surface area contributed by atoms with E-state index in [1.54, 1.807) is 5.38 Å². The molecule has 0 aliphatic heterocycles. The lowest BCUT2D eigenvalue weighted by Crippen LogP contribution is -2.28. The van der Waals surface area contributed by atoms with E-state index >= 15 is 0 Å². The molecule has 1 aromatic heterocycles. The third-order valence-electron chi connectivity index (χ3n) is 2.01. The Kier molecular flexibility index (Phi) is 4.83. The van der Waals surface area contributed by atoms with Gasteiger partial charge in [-0.2, -0.15) is 0 Å². The molecule has 0 fully saturated rings. The van der Waals surface area contributed by atoms with Crippen molar-refractivity contribution in [2.24, 2.45) is 0 Å². The number of aromatic nitrogens is 1. The summed E-state index contributed by atoms with van der Waals surface area (Å²) in [6.45, 7) is 6.47. The summed E-state index contributed by atoms with van der Waals surface area (Å²) in [6, 6.07) is 0. The summed E-state index contributed by atoms with van der Waals surface area (Å²) >= 11 is 1.14. The maximum atomic E-state index is 11.2. The van der Waals surface area contributed by atoms with Crippen LogP contribution in [0.4, 0.5) is 9.93 Å². The van der Waals surface area contributed by atoms with Crippen LogP contribution in [-0.2, 0) is 4.74 Å². The van der Waals surface area contributed by atoms with Gasteiger partial charge in [0.25, 0.3) is 0 Å². The van der Waals surface area contributed by atoms with E-state index in [1.807, 2.05) is 0 Å². The molecule has 18 heavy (non-hydrogen) atoms. The van der Waals surface area contributed by atoms with Gasteiger partial charge in [0.05, 0.1) is 11.3 Å². The molecule has 0 spiro atoms. The predicted molar refractivity (Wildman–Crippen MR) is 68.5 cm³/mol. The molecule has 7 heteroatoms. The lowest BCUT2D eigenvalue weighted by atomic mass is 10.0. The highest BCUT2D eigenvalue weighted by atomic mass is 32.1. The van der Waals surface area contributed by atoms with Crippen LogP contribution in [0.15, 0.2) is 18.0 Å². The molecule has 0 radical (unpaired) electrons. The molecule has 1 aromatic rings. The molecule has 0 aliphatic rings. The third kappa shape index (κ3) is 4.10. The quantitative estimate of drug-likeness (QED) is 0.709. The van der Waals surface area contributed by atoms with Gasteiger partial charge in [0.15, 0.2) is 5.13 Å². The second-order valence-electron chi connectivity index (χ2n) is 4.15. The van der Waals surface area contributed by atoms with Crippen molar-refractivity contribution in [3.63, 3.8) is 0 Å². The fourth-order valence-electron chi connectivity index (χ4n) is 1.09. The van der Waals surface area contributed by atoms with Gasteiger partial charge in [0.2, 0.25) is 0 Å². The maximum Gasteiger partial charge on any atom is 0.413 e. The predicted octanol–water partition coefficient (Wildman–Crippen LogP) is 1.68. The first-order valence-electron chi connectivity index (χ1n) is 5.25. The van der Waals surface area contributed by atoms with E-state index in [1.165, 1.54) is 19.9 Å². The molecule has 6 nitrogen and oxygen atoms in total. The van der Waals surface area contributed by atoms with Gasteiger partial charge in [-0.3, -0.25) is 5.32 Å². The summed E-state index contributed by atoms with van der Waals surface area (Å²) in [6.07, 6.45) is -0.313. The second-order valence-corrected chi connectivity index (χ2v) is 5.00. The summed E-state index contributed by atoms with van der Waals surface area (Å²) in [7, 11) is 0. The number of hydrogen-bond donors (Lipinski definition) is 3. The van der Waals surface area contributed by atoms with Gasteiger partial charge < -0.3 is 14.9 Å². The summed E-state index contributed by atoms with van der Waals surface area (Å²) in [5, 5.41) is 23.7. The first-order valence-corrected chi connectivity index (χ1v) is 6.13. The van der Waals surface area contributed by atoms with Gasteiger partial charge in [-0.15, -0.1) is 11.3 Å². The van der Waals surface area contributed by atoms with Crippen molar-refractivity contribution < 1.29 is 19.7 Å². The standard InChI is InChI=1S/C11H16N2O4S/c1-4-5-17-10(15)13-9-12-7(6-18-9)8(14)11(2,3)16/h4,6,8,14,16H,1,5H2,2-3H3,(H,12,13,15). The van der Waals surface area contributed by atoms with Crippen LogP contribution in [0.25, 0.3) is 0 Å². The van der Waals surface area contributed by atoms with Crippen LogP contribution in [-0.4, -0.2) is 33.5 Å². The Labute approximate surface area is 109 Å². The molecule has 1 atom stereocenters. The van der Waals surface area contributed by atoms with Crippen LogP contribution >= 0.6 is 11.3 Å². The average molecular weight is 272 g/mol. The fraction of sp³-hybridized carbons (Fsp3) is 0.455. The van der Waals surface area contributed by atoms with E-state index in [4.69, 9.17) is 4.74 Å². The zero-order valence-electron chi connectivity index (χ0n) is 10.2. The molecule has 100 valence electrons. The number of thiazole rings is 1. The summed E-state index contributed by atoms with van der Waals surface area (Å²) in [5.74, 6) is 0. The van der Waals surface area contributed by atoms with Crippen LogP contribution in [0, 0.1) is 0 Å². The second kappa shape index (κ2) is 5.94. The van der Waals surface area contributed by atoms with Crippen LogP contribution in [0.5, 0.6) is 0 Å². The Morgan fingerprint density at radius 3 is 3.00 bits per heavy atom. The highest BCUT2D eigenvalue weighted by Crippen LogP contribution is 2.28. The summed E-state index contributed by atoms with van der Waals surface area (Å²) in [5.41, 5.74) is -0.999. The Balaban J connectivity index is 2.64. The molecule has 0 saturated carbocycles. The number of nitrogens with zero attached hydrogens (tertiary/aromatic N) is 1. The summed E-state index contributed by atoms with van der Waals surface area (Å²) in [4.78, 5) is 15.2. The van der Waals surface area contributed by atoms with Gasteiger partial charge >= 0.3 is 6.09 Å². The van der Waals surface area contributed by atoms with E-state index in [2.05, 4.69) is 16.9 Å². The molecule has 0 bridgehead atoms. The van der Waals surface area contributed by atoms with E-state index in [0.717, 1.165) is 11.3 Å². The van der Waals surface area contributed by atoms with Crippen LogP contribution < -0.4 is 5.32 Å². The molecule has 1 rings (SSSR count). The molecule has 0 saturated heterocycles. The lowest BCUT2D eigenvalue weighted by molar-refractivity contribution is -0.0514. The van der Waals surface area contributed by atoms with E-state index in [0.29, 0.717) is 10.8 Å². The number of aliphatic hydroxyl groups excluding tert-OH is 1.